The summed E-state index contributed by atoms with van der Waals surface area (Å²) in [6.45, 7) is 0. The number of aromatic nitrogens is 3. The second-order valence-corrected chi connectivity index (χ2v) is 6.04. The van der Waals surface area contributed by atoms with Crippen molar-refractivity contribution < 1.29 is 13.2 Å². The number of anilines is 2. The van der Waals surface area contributed by atoms with Crippen molar-refractivity contribution in [3.63, 3.8) is 0 Å². The number of hydrogen-bond donors (Lipinski definition) is 3. The Morgan fingerprint density at radius 3 is 2.46 bits per heavy atom. The molecule has 0 aliphatic rings. The number of halogens is 4. The third-order valence-corrected chi connectivity index (χ3v) is 4.03. The van der Waals surface area contributed by atoms with Gasteiger partial charge in [-0.15, -0.1) is 0 Å². The molecule has 3 heterocycles. The highest BCUT2D eigenvalue weighted by Gasteiger charge is 2.30. The number of nitrogen functional groups attached to an aromatic ring is 1. The number of hydrogen-bond acceptors (Lipinski definition) is 6. The number of rotatable bonds is 4. The Labute approximate surface area is 163 Å². The molecule has 0 amide bonds. The molecule has 0 radical (unpaired) electrons. The Hall–Kier alpha value is -3.33. The Bertz CT molecular complexity index is 1020. The van der Waals surface area contributed by atoms with Gasteiger partial charge in [-0.2, -0.15) is 13.2 Å². The quantitative estimate of drug-likeness (QED) is 0.601. The van der Waals surface area contributed by atoms with Crippen LogP contribution < -0.4 is 16.8 Å². The molecule has 0 aliphatic heterocycles. The van der Waals surface area contributed by atoms with E-state index in [1.807, 2.05) is 0 Å². The molecule has 10 heteroatoms. The number of pyridine rings is 3. The van der Waals surface area contributed by atoms with Gasteiger partial charge in [-0.25, -0.2) is 4.98 Å². The van der Waals surface area contributed by atoms with Gasteiger partial charge in [0.1, 0.15) is 11.5 Å². The standard InChI is InChI=1S/C18H14ClF3N6/c19-12-2-1-5-25-16(12)10-6-13(24)17(27-8-10)14(7-23)28-15-4-3-11(9-26-15)18(20,21)22/h1-9H,23-24H2,(H,26,28)/b14-7+. The predicted molar refractivity (Wildman–Crippen MR) is 102 cm³/mol. The van der Waals surface area contributed by atoms with Gasteiger partial charge in [-0.3, -0.25) is 9.97 Å². The molecule has 0 saturated heterocycles. The molecule has 0 unspecified atom stereocenters. The van der Waals surface area contributed by atoms with E-state index >= 15 is 0 Å². The first-order valence-corrected chi connectivity index (χ1v) is 8.26. The van der Waals surface area contributed by atoms with Crippen molar-refractivity contribution in [3.8, 4) is 11.3 Å². The first kappa shape index (κ1) is 19.4. The van der Waals surface area contributed by atoms with Crippen molar-refractivity contribution in [1.29, 1.82) is 0 Å². The van der Waals surface area contributed by atoms with Gasteiger partial charge >= 0.3 is 6.18 Å². The van der Waals surface area contributed by atoms with Crippen LogP contribution in [0.25, 0.3) is 17.0 Å². The van der Waals surface area contributed by atoms with Gasteiger partial charge in [0, 0.05) is 30.4 Å². The molecule has 0 aromatic carbocycles. The first-order valence-electron chi connectivity index (χ1n) is 7.88. The summed E-state index contributed by atoms with van der Waals surface area (Å²) in [4.78, 5) is 12.2. The summed E-state index contributed by atoms with van der Waals surface area (Å²) in [6, 6.07) is 7.11. The van der Waals surface area contributed by atoms with E-state index in [1.165, 1.54) is 18.5 Å². The first-order chi connectivity index (χ1) is 13.3. The number of nitrogens with one attached hydrogen (secondary N) is 1. The summed E-state index contributed by atoms with van der Waals surface area (Å²) < 4.78 is 37.9. The molecule has 0 bridgehead atoms. The van der Waals surface area contributed by atoms with Gasteiger partial charge in [-0.1, -0.05) is 11.6 Å². The minimum Gasteiger partial charge on any atom is -0.403 e. The second-order valence-electron chi connectivity index (χ2n) is 5.63. The molecule has 3 aromatic rings. The van der Waals surface area contributed by atoms with Gasteiger partial charge in [0.05, 0.1) is 27.7 Å². The van der Waals surface area contributed by atoms with Crippen molar-refractivity contribution >= 4 is 28.8 Å². The van der Waals surface area contributed by atoms with Crippen molar-refractivity contribution in [2.45, 2.75) is 6.18 Å². The number of nitrogens with zero attached hydrogens (tertiary/aromatic N) is 3. The van der Waals surface area contributed by atoms with Crippen LogP contribution in [0.1, 0.15) is 11.3 Å². The lowest BCUT2D eigenvalue weighted by molar-refractivity contribution is -0.137. The molecule has 3 aromatic heterocycles. The van der Waals surface area contributed by atoms with E-state index in [9.17, 15) is 13.2 Å². The third-order valence-electron chi connectivity index (χ3n) is 3.72. The minimum absolute atomic E-state index is 0.155. The van der Waals surface area contributed by atoms with Crippen LogP contribution in [0.2, 0.25) is 5.02 Å². The molecule has 0 fully saturated rings. The van der Waals surface area contributed by atoms with E-state index in [0.29, 0.717) is 22.0 Å². The molecule has 144 valence electrons. The van der Waals surface area contributed by atoms with Crippen molar-refractivity contribution in [2.24, 2.45) is 5.73 Å². The number of nitrogens with two attached hydrogens (primary N) is 2. The predicted octanol–water partition coefficient (Wildman–Crippen LogP) is 4.16. The van der Waals surface area contributed by atoms with Gasteiger partial charge in [0.15, 0.2) is 0 Å². The van der Waals surface area contributed by atoms with E-state index in [0.717, 1.165) is 12.3 Å². The summed E-state index contributed by atoms with van der Waals surface area (Å²) in [5.41, 5.74) is 12.8. The Morgan fingerprint density at radius 1 is 1.11 bits per heavy atom. The summed E-state index contributed by atoms with van der Waals surface area (Å²) in [7, 11) is 0. The van der Waals surface area contributed by atoms with Crippen molar-refractivity contribution in [3.05, 3.63) is 71.4 Å². The largest absolute Gasteiger partial charge is 0.417 e. The third kappa shape index (κ3) is 4.15. The zero-order valence-corrected chi connectivity index (χ0v) is 15.0. The van der Waals surface area contributed by atoms with Crippen molar-refractivity contribution in [1.82, 2.24) is 15.0 Å². The fourth-order valence-electron chi connectivity index (χ4n) is 2.39. The maximum Gasteiger partial charge on any atom is 0.417 e. The van der Waals surface area contributed by atoms with Gasteiger partial charge < -0.3 is 16.8 Å². The molecular weight excluding hydrogens is 393 g/mol. The molecule has 6 nitrogen and oxygen atoms in total. The van der Waals surface area contributed by atoms with Crippen LogP contribution in [-0.4, -0.2) is 15.0 Å². The average Bonchev–Trinajstić information content (AvgIpc) is 2.66. The van der Waals surface area contributed by atoms with E-state index < -0.39 is 11.7 Å². The SMILES string of the molecule is N/C=C(/Nc1ccc(C(F)(F)F)cn1)c1ncc(-c2ncccc2Cl)cc1N. The Morgan fingerprint density at radius 2 is 1.89 bits per heavy atom. The summed E-state index contributed by atoms with van der Waals surface area (Å²) in [5.74, 6) is 0.155. The maximum absolute atomic E-state index is 12.6. The molecular formula is C18H14ClF3N6. The van der Waals surface area contributed by atoms with Crippen LogP contribution in [0.3, 0.4) is 0 Å². The van der Waals surface area contributed by atoms with Crippen LogP contribution in [0.5, 0.6) is 0 Å². The molecule has 28 heavy (non-hydrogen) atoms. The monoisotopic (exact) mass is 406 g/mol. The number of alkyl halides is 3. The van der Waals surface area contributed by atoms with Crippen LogP contribution in [0.4, 0.5) is 24.7 Å². The highest BCUT2D eigenvalue weighted by molar-refractivity contribution is 6.33. The smallest absolute Gasteiger partial charge is 0.403 e. The van der Waals surface area contributed by atoms with E-state index in [4.69, 9.17) is 23.1 Å². The zero-order valence-electron chi connectivity index (χ0n) is 14.2. The van der Waals surface area contributed by atoms with Gasteiger partial charge in [-0.05, 0) is 30.3 Å². The minimum atomic E-state index is -4.47. The van der Waals surface area contributed by atoms with Crippen LogP contribution in [0.15, 0.2) is 55.1 Å². The second kappa shape index (κ2) is 7.73. The molecule has 0 spiro atoms. The Balaban J connectivity index is 1.86. The van der Waals surface area contributed by atoms with Gasteiger partial charge in [0.25, 0.3) is 0 Å². The summed E-state index contributed by atoms with van der Waals surface area (Å²) >= 11 is 6.13. The fourth-order valence-corrected chi connectivity index (χ4v) is 2.62. The zero-order chi connectivity index (χ0) is 20.3. The molecule has 0 aliphatic carbocycles. The van der Waals surface area contributed by atoms with Crippen LogP contribution >= 0.6 is 11.6 Å². The summed E-state index contributed by atoms with van der Waals surface area (Å²) in [6.07, 6.45) is 0.567. The Kier molecular flexibility index (Phi) is 5.36. The normalized spacial score (nSPS) is 12.1. The van der Waals surface area contributed by atoms with E-state index in [1.54, 1.807) is 24.4 Å². The maximum atomic E-state index is 12.6. The van der Waals surface area contributed by atoms with Crippen LogP contribution in [0, 0.1) is 0 Å². The molecule has 0 saturated carbocycles. The van der Waals surface area contributed by atoms with Gasteiger partial charge in [0.2, 0.25) is 0 Å². The average molecular weight is 407 g/mol. The lowest BCUT2D eigenvalue weighted by atomic mass is 10.1. The highest BCUT2D eigenvalue weighted by atomic mass is 35.5. The van der Waals surface area contributed by atoms with Crippen molar-refractivity contribution in [2.75, 3.05) is 11.1 Å². The lowest BCUT2D eigenvalue weighted by Crippen LogP contribution is -2.09. The molecule has 5 N–H and O–H groups in total. The van der Waals surface area contributed by atoms with E-state index in [-0.39, 0.29) is 17.2 Å². The van der Waals surface area contributed by atoms with Crippen LogP contribution in [-0.2, 0) is 6.18 Å². The summed E-state index contributed by atoms with van der Waals surface area (Å²) in [5, 5.41) is 3.25. The molecule has 3 rings (SSSR count). The highest BCUT2D eigenvalue weighted by Crippen LogP contribution is 2.31. The fraction of sp³-hybridized carbons (Fsp3) is 0.0556. The lowest BCUT2D eigenvalue weighted by Gasteiger charge is -2.13. The van der Waals surface area contributed by atoms with E-state index in [2.05, 4.69) is 20.3 Å². The topological polar surface area (TPSA) is 103 Å². The molecule has 0 atom stereocenters.